The lowest BCUT2D eigenvalue weighted by Crippen LogP contribution is -2.36. The summed E-state index contributed by atoms with van der Waals surface area (Å²) in [6, 6.07) is 7.38. The fourth-order valence-corrected chi connectivity index (χ4v) is 1.81. The Labute approximate surface area is 127 Å². The minimum atomic E-state index is -0.422. The molecule has 0 N–H and O–H groups in total. The molecule has 110 valence electrons. The lowest BCUT2D eigenvalue weighted by atomic mass is 10.3. The van der Waals surface area contributed by atoms with E-state index < -0.39 is 5.97 Å². The lowest BCUT2D eigenvalue weighted by Gasteiger charge is -2.19. The molecule has 20 heavy (non-hydrogen) atoms. The van der Waals surface area contributed by atoms with Crippen LogP contribution in [0.5, 0.6) is 5.75 Å². The quantitative estimate of drug-likeness (QED) is 0.712. The summed E-state index contributed by atoms with van der Waals surface area (Å²) in [7, 11) is 1.30. The van der Waals surface area contributed by atoms with Gasteiger partial charge in [-0.1, -0.05) is 15.9 Å². The first kappa shape index (κ1) is 16.5. The zero-order valence-corrected chi connectivity index (χ0v) is 13.2. The summed E-state index contributed by atoms with van der Waals surface area (Å²) in [4.78, 5) is 24.5. The molecule has 0 aliphatic rings. The molecule has 0 saturated heterocycles. The smallest absolute Gasteiger partial charge is 0.325 e. The number of methoxy groups -OCH3 is 1. The predicted molar refractivity (Wildman–Crippen MR) is 78.5 cm³/mol. The van der Waals surface area contributed by atoms with E-state index in [4.69, 9.17) is 4.74 Å². The molecule has 0 fully saturated rings. The zero-order valence-electron chi connectivity index (χ0n) is 11.6. The highest BCUT2D eigenvalue weighted by Gasteiger charge is 2.15. The second kappa shape index (κ2) is 8.58. The van der Waals surface area contributed by atoms with Crippen LogP contribution in [0.25, 0.3) is 0 Å². The number of carbonyl (C=O) groups is 2. The Balaban J connectivity index is 2.37. The summed E-state index contributed by atoms with van der Waals surface area (Å²) < 4.78 is 11.0. The van der Waals surface area contributed by atoms with Gasteiger partial charge in [-0.15, -0.1) is 0 Å². The van der Waals surface area contributed by atoms with Crippen molar-refractivity contribution in [1.29, 1.82) is 0 Å². The van der Waals surface area contributed by atoms with Crippen LogP contribution in [0.4, 0.5) is 0 Å². The van der Waals surface area contributed by atoms with Gasteiger partial charge in [0.15, 0.2) is 0 Å². The van der Waals surface area contributed by atoms with Gasteiger partial charge < -0.3 is 14.4 Å². The predicted octanol–water partition coefficient (Wildman–Crippen LogP) is 2.24. The molecule has 0 atom stereocenters. The van der Waals surface area contributed by atoms with Gasteiger partial charge in [0.05, 0.1) is 20.1 Å². The molecule has 6 heteroatoms. The van der Waals surface area contributed by atoms with Crippen molar-refractivity contribution in [2.24, 2.45) is 0 Å². The normalized spacial score (nSPS) is 9.95. The number of carbonyl (C=O) groups excluding carboxylic acids is 2. The molecule has 0 saturated carbocycles. The molecule has 1 aromatic carbocycles. The van der Waals surface area contributed by atoms with Crippen molar-refractivity contribution in [1.82, 2.24) is 4.90 Å². The third-order valence-corrected chi connectivity index (χ3v) is 3.21. The summed E-state index contributed by atoms with van der Waals surface area (Å²) in [6.07, 6.45) is 0.223. The average molecular weight is 344 g/mol. The average Bonchev–Trinajstić information content (AvgIpc) is 2.46. The molecule has 1 rings (SSSR count). The van der Waals surface area contributed by atoms with Gasteiger partial charge >= 0.3 is 5.97 Å². The summed E-state index contributed by atoms with van der Waals surface area (Å²) in [5.74, 6) is 0.154. The number of ether oxygens (including phenoxy) is 2. The van der Waals surface area contributed by atoms with Gasteiger partial charge in [-0.05, 0) is 31.2 Å². The fourth-order valence-electron chi connectivity index (χ4n) is 1.54. The molecular weight excluding hydrogens is 326 g/mol. The standard InChI is InChI=1S/C14H18BrNO4/c1-3-16(10-14(18)19-2)13(17)8-9-20-12-6-4-11(15)5-7-12/h4-7H,3,8-10H2,1-2H3. The van der Waals surface area contributed by atoms with Crippen molar-refractivity contribution in [2.75, 3.05) is 26.8 Å². The molecule has 0 aromatic heterocycles. The van der Waals surface area contributed by atoms with Crippen LogP contribution >= 0.6 is 15.9 Å². The van der Waals surface area contributed by atoms with E-state index in [1.165, 1.54) is 12.0 Å². The highest BCUT2D eigenvalue weighted by Crippen LogP contribution is 2.16. The third kappa shape index (κ3) is 5.61. The van der Waals surface area contributed by atoms with Gasteiger partial charge in [0, 0.05) is 11.0 Å². The summed E-state index contributed by atoms with van der Waals surface area (Å²) in [6.45, 7) is 2.53. The topological polar surface area (TPSA) is 55.8 Å². The molecule has 0 radical (unpaired) electrons. The zero-order chi connectivity index (χ0) is 15.0. The van der Waals surface area contributed by atoms with Crippen LogP contribution in [0.15, 0.2) is 28.7 Å². The second-order valence-electron chi connectivity index (χ2n) is 4.04. The first-order valence-electron chi connectivity index (χ1n) is 6.29. The second-order valence-corrected chi connectivity index (χ2v) is 4.95. The van der Waals surface area contributed by atoms with Gasteiger partial charge in [0.2, 0.25) is 5.91 Å². The van der Waals surface area contributed by atoms with E-state index in [-0.39, 0.29) is 25.5 Å². The fraction of sp³-hybridized carbons (Fsp3) is 0.429. The van der Waals surface area contributed by atoms with E-state index in [9.17, 15) is 9.59 Å². The van der Waals surface area contributed by atoms with Gasteiger partial charge in [0.1, 0.15) is 12.3 Å². The van der Waals surface area contributed by atoms with Gasteiger partial charge in [-0.2, -0.15) is 0 Å². The Kier molecular flexibility index (Phi) is 7.08. The summed E-state index contributed by atoms with van der Waals surface area (Å²) >= 11 is 3.33. The van der Waals surface area contributed by atoms with Crippen LogP contribution in [0.2, 0.25) is 0 Å². The first-order chi connectivity index (χ1) is 9.56. The van der Waals surface area contributed by atoms with Crippen molar-refractivity contribution in [3.8, 4) is 5.75 Å². The molecule has 1 amide bonds. The SMILES string of the molecule is CCN(CC(=O)OC)C(=O)CCOc1ccc(Br)cc1. The maximum Gasteiger partial charge on any atom is 0.325 e. The Bertz CT molecular complexity index is 447. The van der Waals surface area contributed by atoms with Crippen LogP contribution in [0, 0.1) is 0 Å². The Morgan fingerprint density at radius 1 is 1.25 bits per heavy atom. The van der Waals surface area contributed by atoms with E-state index in [0.717, 1.165) is 4.47 Å². The van der Waals surface area contributed by atoms with Crippen LogP contribution in [-0.4, -0.2) is 43.6 Å². The van der Waals surface area contributed by atoms with Gasteiger partial charge in [0.25, 0.3) is 0 Å². The summed E-state index contributed by atoms with van der Waals surface area (Å²) in [5.41, 5.74) is 0. The van der Waals surface area contributed by atoms with E-state index in [2.05, 4.69) is 20.7 Å². The molecule has 0 aliphatic heterocycles. The van der Waals surface area contributed by atoms with Crippen molar-refractivity contribution in [3.05, 3.63) is 28.7 Å². The number of likely N-dealkylation sites (N-methyl/N-ethyl adjacent to an activating group) is 1. The van der Waals surface area contributed by atoms with E-state index in [1.807, 2.05) is 31.2 Å². The molecule has 0 unspecified atom stereocenters. The third-order valence-electron chi connectivity index (χ3n) is 2.68. The van der Waals surface area contributed by atoms with E-state index >= 15 is 0 Å². The maximum atomic E-state index is 11.9. The molecule has 0 bridgehead atoms. The molecule has 1 aromatic rings. The van der Waals surface area contributed by atoms with Crippen LogP contribution in [-0.2, 0) is 14.3 Å². The van der Waals surface area contributed by atoms with Crippen molar-refractivity contribution in [3.63, 3.8) is 0 Å². The Morgan fingerprint density at radius 3 is 2.45 bits per heavy atom. The number of amides is 1. The van der Waals surface area contributed by atoms with Gasteiger partial charge in [-0.25, -0.2) is 0 Å². The van der Waals surface area contributed by atoms with E-state index in [1.54, 1.807) is 0 Å². The van der Waals surface area contributed by atoms with Gasteiger partial charge in [-0.3, -0.25) is 9.59 Å². The minimum absolute atomic E-state index is 0.0237. The van der Waals surface area contributed by atoms with Crippen molar-refractivity contribution >= 4 is 27.8 Å². The van der Waals surface area contributed by atoms with Crippen LogP contribution in [0.1, 0.15) is 13.3 Å². The monoisotopic (exact) mass is 343 g/mol. The number of benzene rings is 1. The largest absolute Gasteiger partial charge is 0.493 e. The highest BCUT2D eigenvalue weighted by molar-refractivity contribution is 9.10. The number of nitrogens with zero attached hydrogens (tertiary/aromatic N) is 1. The molecular formula is C14H18BrNO4. The lowest BCUT2D eigenvalue weighted by molar-refractivity contribution is -0.147. The van der Waals surface area contributed by atoms with E-state index in [0.29, 0.717) is 12.3 Å². The Hall–Kier alpha value is -1.56. The molecule has 5 nitrogen and oxygen atoms in total. The molecule has 0 heterocycles. The summed E-state index contributed by atoms with van der Waals surface area (Å²) in [5, 5.41) is 0. The molecule has 0 spiro atoms. The number of hydrogen-bond acceptors (Lipinski definition) is 4. The van der Waals surface area contributed by atoms with Crippen LogP contribution < -0.4 is 4.74 Å². The Morgan fingerprint density at radius 2 is 1.90 bits per heavy atom. The number of esters is 1. The first-order valence-corrected chi connectivity index (χ1v) is 7.09. The van der Waals surface area contributed by atoms with Crippen molar-refractivity contribution in [2.45, 2.75) is 13.3 Å². The maximum absolute atomic E-state index is 11.9. The molecule has 0 aliphatic carbocycles. The number of halogens is 1. The highest BCUT2D eigenvalue weighted by atomic mass is 79.9. The minimum Gasteiger partial charge on any atom is -0.493 e. The van der Waals surface area contributed by atoms with Crippen molar-refractivity contribution < 1.29 is 19.1 Å². The number of rotatable bonds is 7. The number of hydrogen-bond donors (Lipinski definition) is 0. The van der Waals surface area contributed by atoms with Crippen LogP contribution in [0.3, 0.4) is 0 Å².